The third kappa shape index (κ3) is 6.10. The van der Waals surface area contributed by atoms with Gasteiger partial charge in [-0.2, -0.15) is 0 Å². The number of rotatable bonds is 6. The lowest BCUT2D eigenvalue weighted by molar-refractivity contribution is 0.756. The molecule has 4 nitrogen and oxygen atoms in total. The van der Waals surface area contributed by atoms with Crippen molar-refractivity contribution in [3.8, 4) is 33.4 Å². The molecule has 70 heavy (non-hydrogen) atoms. The van der Waals surface area contributed by atoms with E-state index in [1.807, 2.05) is 36.4 Å². The fourth-order valence-electron chi connectivity index (χ4n) is 11.7. The summed E-state index contributed by atoms with van der Waals surface area (Å²) in [6, 6.07) is 92.8. The van der Waals surface area contributed by atoms with Crippen molar-refractivity contribution in [1.82, 2.24) is 5.32 Å². The molecule has 14 rings (SSSR count). The standard InChI is InChI=1S/C66H44N4/c1-4-20-43(21-5-1)63-67-64(44-22-6-2-7-23-44)69-65(68-63)49-27-19-26-47(41-49)45-24-18-25-46(40-45)48-38-39-55-58(42-48)66(62-54-33-13-11-31-52(54)51-30-10-12-32-53(51)61(55)62)56-34-14-16-36-59(56)70(50-28-8-3-9-29-50)60-37-17-15-35-57(60)66/h1-42,65H,(H,67,68,69). The summed E-state index contributed by atoms with van der Waals surface area (Å²) in [5, 5.41) is 8.64. The van der Waals surface area contributed by atoms with Crippen LogP contribution in [0.4, 0.5) is 17.1 Å². The Hall–Kier alpha value is -9.12. The summed E-state index contributed by atoms with van der Waals surface area (Å²) in [7, 11) is 0. The predicted molar refractivity (Wildman–Crippen MR) is 290 cm³/mol. The Morgan fingerprint density at radius 3 is 1.46 bits per heavy atom. The van der Waals surface area contributed by atoms with Gasteiger partial charge in [-0.1, -0.05) is 212 Å². The molecule has 0 radical (unpaired) electrons. The number of aliphatic imine (C=N–C) groups is 2. The molecule has 1 aliphatic carbocycles. The van der Waals surface area contributed by atoms with Crippen molar-refractivity contribution in [2.24, 2.45) is 9.98 Å². The SMILES string of the molecule is c1ccc(C2=NC(c3cccc(-c4cccc(-c5ccc6c(c5)C5(c7ccccc7N(c7ccccc7)c7ccccc75)c5c-6c6ccccc6c6ccccc56)c4)c3)N=C(c3ccccc3)N2)cc1. The molecule has 2 aliphatic heterocycles. The van der Waals surface area contributed by atoms with Crippen LogP contribution in [0.15, 0.2) is 265 Å². The quantitative estimate of drug-likeness (QED) is 0.169. The van der Waals surface area contributed by atoms with Gasteiger partial charge in [-0.05, 0) is 125 Å². The molecule has 0 fully saturated rings. The average Bonchev–Trinajstić information content (AvgIpc) is 3.75. The summed E-state index contributed by atoms with van der Waals surface area (Å²) in [5.74, 6) is 1.61. The number of fused-ring (bicyclic) bond motifs is 14. The van der Waals surface area contributed by atoms with Gasteiger partial charge in [-0.3, -0.25) is 0 Å². The van der Waals surface area contributed by atoms with Gasteiger partial charge in [0.05, 0.1) is 16.8 Å². The summed E-state index contributed by atoms with van der Waals surface area (Å²) >= 11 is 0. The lowest BCUT2D eigenvalue weighted by Gasteiger charge is -2.45. The van der Waals surface area contributed by atoms with Crippen LogP contribution in [0.25, 0.3) is 54.9 Å². The monoisotopic (exact) mass is 892 g/mol. The van der Waals surface area contributed by atoms with E-state index in [9.17, 15) is 0 Å². The second kappa shape index (κ2) is 16.0. The van der Waals surface area contributed by atoms with E-state index < -0.39 is 11.6 Å². The summed E-state index contributed by atoms with van der Waals surface area (Å²) in [4.78, 5) is 12.9. The molecule has 0 atom stereocenters. The average molecular weight is 893 g/mol. The van der Waals surface area contributed by atoms with Gasteiger partial charge in [0.2, 0.25) is 0 Å². The summed E-state index contributed by atoms with van der Waals surface area (Å²) in [5.41, 5.74) is 18.3. The lowest BCUT2D eigenvalue weighted by atomic mass is 9.63. The molecular weight excluding hydrogens is 849 g/mol. The Balaban J connectivity index is 0.955. The van der Waals surface area contributed by atoms with Gasteiger partial charge >= 0.3 is 0 Å². The van der Waals surface area contributed by atoms with E-state index in [1.165, 1.54) is 71.9 Å². The van der Waals surface area contributed by atoms with Gasteiger partial charge in [0.15, 0.2) is 6.17 Å². The first-order valence-electron chi connectivity index (χ1n) is 24.1. The minimum Gasteiger partial charge on any atom is -0.324 e. The number of hydrogen-bond donors (Lipinski definition) is 1. The highest BCUT2D eigenvalue weighted by molar-refractivity contribution is 6.20. The van der Waals surface area contributed by atoms with E-state index in [4.69, 9.17) is 9.98 Å². The normalized spacial score (nSPS) is 14.3. The molecule has 3 aliphatic rings. The molecule has 11 aromatic rings. The summed E-state index contributed by atoms with van der Waals surface area (Å²) < 4.78 is 0. The molecule has 11 aromatic carbocycles. The van der Waals surface area contributed by atoms with Gasteiger partial charge in [-0.15, -0.1) is 0 Å². The number of nitrogens with zero attached hydrogens (tertiary/aromatic N) is 3. The molecule has 0 amide bonds. The number of anilines is 3. The Morgan fingerprint density at radius 1 is 0.357 bits per heavy atom. The Morgan fingerprint density at radius 2 is 0.829 bits per heavy atom. The van der Waals surface area contributed by atoms with Crippen LogP contribution in [0, 0.1) is 0 Å². The second-order valence-corrected chi connectivity index (χ2v) is 18.4. The zero-order chi connectivity index (χ0) is 46.2. The maximum Gasteiger partial charge on any atom is 0.169 e. The van der Waals surface area contributed by atoms with E-state index in [2.05, 4.69) is 229 Å². The van der Waals surface area contributed by atoms with Crippen molar-refractivity contribution in [2.45, 2.75) is 11.6 Å². The molecule has 0 aromatic heterocycles. The third-order valence-electron chi connectivity index (χ3n) is 14.7. The zero-order valence-corrected chi connectivity index (χ0v) is 38.2. The number of para-hydroxylation sites is 3. The molecule has 328 valence electrons. The van der Waals surface area contributed by atoms with Crippen LogP contribution in [0.1, 0.15) is 45.1 Å². The lowest BCUT2D eigenvalue weighted by Crippen LogP contribution is -2.36. The Labute approximate surface area is 407 Å². The molecule has 0 unspecified atom stereocenters. The maximum atomic E-state index is 5.20. The second-order valence-electron chi connectivity index (χ2n) is 18.4. The first-order chi connectivity index (χ1) is 34.7. The fourth-order valence-corrected chi connectivity index (χ4v) is 11.7. The van der Waals surface area contributed by atoms with Crippen molar-refractivity contribution in [3.63, 3.8) is 0 Å². The van der Waals surface area contributed by atoms with Crippen LogP contribution in [0.3, 0.4) is 0 Å². The molecule has 4 heteroatoms. The fraction of sp³-hybridized carbons (Fsp3) is 0.0303. The van der Waals surface area contributed by atoms with Crippen LogP contribution in [-0.2, 0) is 5.41 Å². The molecule has 0 bridgehead atoms. The highest BCUT2D eigenvalue weighted by atomic mass is 15.2. The zero-order valence-electron chi connectivity index (χ0n) is 38.2. The van der Waals surface area contributed by atoms with Gasteiger partial charge < -0.3 is 10.2 Å². The molecular formula is C66H44N4. The number of nitrogens with one attached hydrogen (secondary N) is 1. The number of amidine groups is 2. The van der Waals surface area contributed by atoms with Crippen molar-refractivity contribution >= 4 is 50.3 Å². The first kappa shape index (κ1) is 40.0. The Bertz CT molecular complexity index is 3830. The van der Waals surface area contributed by atoms with Crippen molar-refractivity contribution in [3.05, 3.63) is 294 Å². The van der Waals surface area contributed by atoms with E-state index in [-0.39, 0.29) is 0 Å². The van der Waals surface area contributed by atoms with Crippen LogP contribution in [0.5, 0.6) is 0 Å². The molecule has 0 saturated heterocycles. The minimum absolute atomic E-state index is 0.421. The van der Waals surface area contributed by atoms with Crippen LogP contribution < -0.4 is 10.2 Å². The highest BCUT2D eigenvalue weighted by Crippen LogP contribution is 2.66. The first-order valence-corrected chi connectivity index (χ1v) is 24.1. The summed E-state index contributed by atoms with van der Waals surface area (Å²) in [6.45, 7) is 0. The molecule has 2 heterocycles. The highest BCUT2D eigenvalue weighted by Gasteiger charge is 2.53. The topological polar surface area (TPSA) is 40.0 Å². The van der Waals surface area contributed by atoms with Crippen LogP contribution in [-0.4, -0.2) is 11.7 Å². The summed E-state index contributed by atoms with van der Waals surface area (Å²) in [6.07, 6.45) is -0.421. The van der Waals surface area contributed by atoms with Gasteiger partial charge in [0.1, 0.15) is 11.7 Å². The van der Waals surface area contributed by atoms with Crippen molar-refractivity contribution < 1.29 is 0 Å². The Kier molecular flexibility index (Phi) is 9.15. The number of hydrogen-bond acceptors (Lipinski definition) is 4. The predicted octanol–water partition coefficient (Wildman–Crippen LogP) is 16.0. The minimum atomic E-state index is -0.637. The van der Waals surface area contributed by atoms with E-state index in [0.717, 1.165) is 50.7 Å². The molecule has 1 N–H and O–H groups in total. The smallest absolute Gasteiger partial charge is 0.169 e. The maximum absolute atomic E-state index is 5.20. The van der Waals surface area contributed by atoms with Gasteiger partial charge in [0, 0.05) is 16.8 Å². The van der Waals surface area contributed by atoms with Crippen LogP contribution >= 0.6 is 0 Å². The van der Waals surface area contributed by atoms with E-state index in [0.29, 0.717) is 0 Å². The van der Waals surface area contributed by atoms with E-state index in [1.54, 1.807) is 0 Å². The third-order valence-corrected chi connectivity index (χ3v) is 14.7. The molecule has 1 spiro atoms. The molecule has 0 saturated carbocycles. The van der Waals surface area contributed by atoms with Crippen LogP contribution in [0.2, 0.25) is 0 Å². The van der Waals surface area contributed by atoms with Gasteiger partial charge in [-0.25, -0.2) is 9.98 Å². The largest absolute Gasteiger partial charge is 0.324 e. The van der Waals surface area contributed by atoms with Gasteiger partial charge in [0.25, 0.3) is 0 Å². The van der Waals surface area contributed by atoms with Crippen molar-refractivity contribution in [1.29, 1.82) is 0 Å². The number of benzene rings is 11. The van der Waals surface area contributed by atoms with Crippen molar-refractivity contribution in [2.75, 3.05) is 4.90 Å². The van der Waals surface area contributed by atoms with E-state index >= 15 is 0 Å².